The van der Waals surface area contributed by atoms with Crippen LogP contribution in [0.25, 0.3) is 10.9 Å². The largest absolute Gasteiger partial charge is 0.348 e. The Morgan fingerprint density at radius 1 is 1.31 bits per heavy atom. The topological polar surface area (TPSA) is 22.0 Å². The number of Topliss-reactive ketones (excluding diaryl/α,β-unsaturated/α-hetero) is 1. The van der Waals surface area contributed by atoms with Crippen molar-refractivity contribution in [2.24, 2.45) is 7.05 Å². The summed E-state index contributed by atoms with van der Waals surface area (Å²) in [5, 5.41) is 1.22. The van der Waals surface area contributed by atoms with E-state index in [1.807, 2.05) is 0 Å². The summed E-state index contributed by atoms with van der Waals surface area (Å²) in [5.41, 5.74) is 4.81. The first-order valence-electron chi connectivity index (χ1n) is 5.54. The second kappa shape index (κ2) is 3.78. The minimum Gasteiger partial charge on any atom is -0.348 e. The van der Waals surface area contributed by atoms with Crippen molar-refractivity contribution in [1.82, 2.24) is 4.57 Å². The number of hydrogen-bond donors (Lipinski definition) is 0. The molecule has 0 aliphatic rings. The molecule has 2 nitrogen and oxygen atoms in total. The lowest BCUT2D eigenvalue weighted by atomic mass is 10.0. The van der Waals surface area contributed by atoms with E-state index in [0.717, 1.165) is 0 Å². The van der Waals surface area contributed by atoms with Crippen molar-refractivity contribution >= 4 is 16.7 Å². The van der Waals surface area contributed by atoms with E-state index in [1.54, 1.807) is 6.92 Å². The van der Waals surface area contributed by atoms with E-state index in [4.69, 9.17) is 0 Å². The van der Waals surface area contributed by atoms with Gasteiger partial charge in [-0.1, -0.05) is 11.6 Å². The molecular weight excluding hydrogens is 198 g/mol. The number of aryl methyl sites for hydroxylation is 2. The van der Waals surface area contributed by atoms with Gasteiger partial charge in [0.25, 0.3) is 0 Å². The summed E-state index contributed by atoms with van der Waals surface area (Å²) in [4.78, 5) is 11.3. The highest BCUT2D eigenvalue weighted by Gasteiger charge is 2.12. The van der Waals surface area contributed by atoms with E-state index in [9.17, 15) is 4.79 Å². The number of hydrogen-bond acceptors (Lipinski definition) is 1. The van der Waals surface area contributed by atoms with Crippen LogP contribution in [0.15, 0.2) is 18.2 Å². The summed E-state index contributed by atoms with van der Waals surface area (Å²) < 4.78 is 2.16. The molecule has 0 N–H and O–H groups in total. The Balaban J connectivity index is 2.75. The van der Waals surface area contributed by atoms with Crippen LogP contribution in [0, 0.1) is 13.8 Å². The number of rotatable bonds is 2. The minimum atomic E-state index is 0.220. The molecule has 0 spiro atoms. The van der Waals surface area contributed by atoms with Crippen molar-refractivity contribution in [3.8, 4) is 0 Å². The maximum absolute atomic E-state index is 11.3. The lowest BCUT2D eigenvalue weighted by Gasteiger charge is -1.99. The van der Waals surface area contributed by atoms with Gasteiger partial charge in [0.15, 0.2) is 0 Å². The van der Waals surface area contributed by atoms with Gasteiger partial charge in [-0.15, -0.1) is 0 Å². The molecule has 1 aromatic heterocycles. The zero-order valence-electron chi connectivity index (χ0n) is 10.3. The van der Waals surface area contributed by atoms with E-state index in [-0.39, 0.29) is 5.78 Å². The fraction of sp³-hybridized carbons (Fsp3) is 0.357. The van der Waals surface area contributed by atoms with Crippen LogP contribution in [-0.2, 0) is 18.3 Å². The Kier molecular flexibility index (Phi) is 2.58. The van der Waals surface area contributed by atoms with Crippen LogP contribution in [0.2, 0.25) is 0 Å². The van der Waals surface area contributed by atoms with Crippen LogP contribution in [0.4, 0.5) is 0 Å². The number of carbonyl (C=O) groups excluding carboxylic acids is 1. The van der Waals surface area contributed by atoms with E-state index in [2.05, 4.69) is 43.7 Å². The third-order valence-corrected chi connectivity index (χ3v) is 3.20. The van der Waals surface area contributed by atoms with Crippen LogP contribution >= 0.6 is 0 Å². The van der Waals surface area contributed by atoms with Gasteiger partial charge in [0, 0.05) is 30.1 Å². The molecule has 0 atom stereocenters. The Morgan fingerprint density at radius 3 is 2.62 bits per heavy atom. The first-order chi connectivity index (χ1) is 7.50. The van der Waals surface area contributed by atoms with Crippen molar-refractivity contribution in [2.45, 2.75) is 27.2 Å². The lowest BCUT2D eigenvalue weighted by Crippen LogP contribution is -1.98. The molecule has 0 aliphatic heterocycles. The average Bonchev–Trinajstić information content (AvgIpc) is 2.43. The van der Waals surface area contributed by atoms with Crippen LogP contribution in [0.1, 0.15) is 23.7 Å². The molecule has 2 aromatic rings. The van der Waals surface area contributed by atoms with Crippen molar-refractivity contribution in [3.63, 3.8) is 0 Å². The van der Waals surface area contributed by atoms with Crippen molar-refractivity contribution in [2.75, 3.05) is 0 Å². The van der Waals surface area contributed by atoms with Gasteiger partial charge >= 0.3 is 0 Å². The predicted octanol–water partition coefficient (Wildman–Crippen LogP) is 2.93. The summed E-state index contributed by atoms with van der Waals surface area (Å²) in [6.07, 6.45) is 0.534. The Bertz CT molecular complexity index is 564. The number of carbonyl (C=O) groups is 1. The van der Waals surface area contributed by atoms with Crippen molar-refractivity contribution in [1.29, 1.82) is 0 Å². The monoisotopic (exact) mass is 215 g/mol. The maximum atomic E-state index is 11.3. The molecule has 0 saturated carbocycles. The van der Waals surface area contributed by atoms with Gasteiger partial charge in [0.2, 0.25) is 0 Å². The molecule has 0 radical (unpaired) electrons. The highest BCUT2D eigenvalue weighted by molar-refractivity contribution is 5.91. The molecule has 0 saturated heterocycles. The minimum absolute atomic E-state index is 0.220. The molecular formula is C14H17NO. The average molecular weight is 215 g/mol. The Hall–Kier alpha value is -1.57. The van der Waals surface area contributed by atoms with E-state index in [0.29, 0.717) is 6.42 Å². The summed E-state index contributed by atoms with van der Waals surface area (Å²) in [7, 11) is 2.05. The fourth-order valence-corrected chi connectivity index (χ4v) is 2.23. The third-order valence-electron chi connectivity index (χ3n) is 3.20. The zero-order valence-corrected chi connectivity index (χ0v) is 10.3. The maximum Gasteiger partial charge on any atom is 0.134 e. The normalized spacial score (nSPS) is 11.0. The number of aromatic nitrogens is 1. The second-order valence-electron chi connectivity index (χ2n) is 4.52. The summed E-state index contributed by atoms with van der Waals surface area (Å²) in [6.45, 7) is 5.81. The van der Waals surface area contributed by atoms with Crippen molar-refractivity contribution in [3.05, 3.63) is 35.0 Å². The number of fused-ring (bicyclic) bond motifs is 1. The summed E-state index contributed by atoms with van der Waals surface area (Å²) >= 11 is 0. The van der Waals surface area contributed by atoms with Crippen LogP contribution < -0.4 is 0 Å². The van der Waals surface area contributed by atoms with Gasteiger partial charge in [-0.3, -0.25) is 4.79 Å². The first kappa shape index (κ1) is 10.9. The number of ketones is 1. The van der Waals surface area contributed by atoms with Gasteiger partial charge < -0.3 is 4.57 Å². The van der Waals surface area contributed by atoms with Gasteiger partial charge in [-0.05, 0) is 38.5 Å². The van der Waals surface area contributed by atoms with E-state index < -0.39 is 0 Å². The third kappa shape index (κ3) is 1.64. The molecule has 0 amide bonds. The summed E-state index contributed by atoms with van der Waals surface area (Å²) in [6, 6.07) is 6.40. The number of nitrogens with zero attached hydrogens (tertiary/aromatic N) is 1. The highest BCUT2D eigenvalue weighted by Crippen LogP contribution is 2.26. The molecule has 1 aromatic carbocycles. The molecule has 2 heteroatoms. The van der Waals surface area contributed by atoms with Gasteiger partial charge in [-0.2, -0.15) is 0 Å². The second-order valence-corrected chi connectivity index (χ2v) is 4.52. The summed E-state index contributed by atoms with van der Waals surface area (Å²) in [5.74, 6) is 0.220. The van der Waals surface area contributed by atoms with Gasteiger partial charge in [0.05, 0.1) is 0 Å². The SMILES string of the molecule is CC(=O)Cc1c(C)n(C)c2ccc(C)cc12. The number of benzene rings is 1. The van der Waals surface area contributed by atoms with Gasteiger partial charge in [0.1, 0.15) is 5.78 Å². The smallest absolute Gasteiger partial charge is 0.134 e. The fourth-order valence-electron chi connectivity index (χ4n) is 2.23. The zero-order chi connectivity index (χ0) is 11.9. The van der Waals surface area contributed by atoms with E-state index >= 15 is 0 Å². The lowest BCUT2D eigenvalue weighted by molar-refractivity contribution is -0.116. The molecule has 0 aliphatic carbocycles. The Labute approximate surface area is 95.9 Å². The quantitative estimate of drug-likeness (QED) is 0.755. The molecule has 1 heterocycles. The van der Waals surface area contributed by atoms with Gasteiger partial charge in [-0.25, -0.2) is 0 Å². The molecule has 0 unspecified atom stereocenters. The molecule has 0 fully saturated rings. The predicted molar refractivity (Wildman–Crippen MR) is 66.8 cm³/mol. The first-order valence-corrected chi connectivity index (χ1v) is 5.54. The standard InChI is InChI=1S/C14H17NO/c1-9-5-6-14-13(7-9)12(8-10(2)16)11(3)15(14)4/h5-7H,8H2,1-4H3. The molecule has 16 heavy (non-hydrogen) atoms. The van der Waals surface area contributed by atoms with E-state index in [1.165, 1.54) is 27.7 Å². The highest BCUT2D eigenvalue weighted by atomic mass is 16.1. The van der Waals surface area contributed by atoms with Crippen LogP contribution in [0.5, 0.6) is 0 Å². The Morgan fingerprint density at radius 2 is 2.00 bits per heavy atom. The molecule has 0 bridgehead atoms. The van der Waals surface area contributed by atoms with Crippen molar-refractivity contribution < 1.29 is 4.79 Å². The molecule has 2 rings (SSSR count). The van der Waals surface area contributed by atoms with Crippen LogP contribution in [-0.4, -0.2) is 10.4 Å². The molecule has 84 valence electrons. The van der Waals surface area contributed by atoms with Crippen LogP contribution in [0.3, 0.4) is 0 Å².